The third-order valence-electron chi connectivity index (χ3n) is 2.65. The molecule has 5 nitrogen and oxygen atoms in total. The molecule has 0 saturated heterocycles. The van der Waals surface area contributed by atoms with Crippen LogP contribution in [0.25, 0.3) is 0 Å². The van der Waals surface area contributed by atoms with E-state index in [1.54, 1.807) is 0 Å². The maximum atomic E-state index is 13.5. The summed E-state index contributed by atoms with van der Waals surface area (Å²) in [5.74, 6) is -5.07. The predicted octanol–water partition coefficient (Wildman–Crippen LogP) is 1.60. The van der Waals surface area contributed by atoms with Crippen LogP contribution in [-0.2, 0) is 9.84 Å². The van der Waals surface area contributed by atoms with Crippen molar-refractivity contribution >= 4 is 15.8 Å². The van der Waals surface area contributed by atoms with Gasteiger partial charge in [0.1, 0.15) is 4.90 Å². The molecule has 0 aliphatic carbocycles. The lowest BCUT2D eigenvalue weighted by molar-refractivity contribution is 0.0696. The molecule has 0 aliphatic rings. The molecular formula is C12H14F2O5S. The molecule has 2 N–H and O–H groups in total. The number of rotatable bonds is 7. The largest absolute Gasteiger partial charge is 0.478 e. The number of carbonyl (C=O) groups is 1. The number of hydrogen-bond acceptors (Lipinski definition) is 4. The molecule has 1 rings (SSSR count). The van der Waals surface area contributed by atoms with Crippen molar-refractivity contribution < 1.29 is 32.2 Å². The zero-order chi connectivity index (χ0) is 15.3. The van der Waals surface area contributed by atoms with Crippen LogP contribution in [0.4, 0.5) is 8.78 Å². The highest BCUT2D eigenvalue weighted by Gasteiger charge is 2.24. The van der Waals surface area contributed by atoms with Gasteiger partial charge in [0.15, 0.2) is 21.5 Å². The van der Waals surface area contributed by atoms with Gasteiger partial charge in [-0.3, -0.25) is 0 Å². The maximum absolute atomic E-state index is 13.5. The van der Waals surface area contributed by atoms with Crippen molar-refractivity contribution in [3.8, 4) is 0 Å². The summed E-state index contributed by atoms with van der Waals surface area (Å²) in [6.45, 7) is -0.0858. The number of carboxylic acids is 1. The van der Waals surface area contributed by atoms with Gasteiger partial charge in [-0.05, 0) is 25.0 Å². The Morgan fingerprint density at radius 1 is 1.15 bits per heavy atom. The van der Waals surface area contributed by atoms with Crippen molar-refractivity contribution in [1.82, 2.24) is 0 Å². The van der Waals surface area contributed by atoms with Gasteiger partial charge in [-0.25, -0.2) is 22.0 Å². The highest BCUT2D eigenvalue weighted by molar-refractivity contribution is 7.91. The van der Waals surface area contributed by atoms with Crippen LogP contribution in [0.5, 0.6) is 0 Å². The summed E-state index contributed by atoms with van der Waals surface area (Å²) in [6, 6.07) is 1.05. The first kappa shape index (κ1) is 16.5. The number of sulfone groups is 1. The monoisotopic (exact) mass is 308 g/mol. The third kappa shape index (κ3) is 3.97. The fraction of sp³-hybridized carbons (Fsp3) is 0.417. The molecule has 0 saturated carbocycles. The van der Waals surface area contributed by atoms with Crippen LogP contribution in [0.2, 0.25) is 0 Å². The molecule has 0 aliphatic heterocycles. The van der Waals surface area contributed by atoms with Crippen LogP contribution in [0, 0.1) is 11.6 Å². The summed E-state index contributed by atoms with van der Waals surface area (Å²) in [5.41, 5.74) is -0.627. The highest BCUT2D eigenvalue weighted by Crippen LogP contribution is 2.22. The van der Waals surface area contributed by atoms with Gasteiger partial charge in [0.2, 0.25) is 0 Å². The molecule has 0 amide bonds. The van der Waals surface area contributed by atoms with Crippen LogP contribution in [0.3, 0.4) is 0 Å². The first-order chi connectivity index (χ1) is 9.29. The van der Waals surface area contributed by atoms with Crippen LogP contribution in [0.1, 0.15) is 29.6 Å². The van der Waals surface area contributed by atoms with E-state index in [0.29, 0.717) is 25.0 Å². The van der Waals surface area contributed by atoms with E-state index >= 15 is 0 Å². The van der Waals surface area contributed by atoms with E-state index in [2.05, 4.69) is 0 Å². The second kappa shape index (κ2) is 6.76. The average Bonchev–Trinajstić information content (AvgIpc) is 2.37. The van der Waals surface area contributed by atoms with Gasteiger partial charge in [0, 0.05) is 6.61 Å². The Hall–Kier alpha value is -1.54. The van der Waals surface area contributed by atoms with Gasteiger partial charge in [-0.1, -0.05) is 6.42 Å². The normalized spacial score (nSPS) is 11.6. The molecule has 112 valence electrons. The average molecular weight is 308 g/mol. The minimum absolute atomic E-state index is 0.0858. The number of aliphatic hydroxyl groups excluding tert-OH is 1. The summed E-state index contributed by atoms with van der Waals surface area (Å²) in [6.07, 6.45) is 0.987. The van der Waals surface area contributed by atoms with E-state index < -0.39 is 43.7 Å². The Kier molecular flexibility index (Phi) is 5.58. The fourth-order valence-corrected chi connectivity index (χ4v) is 3.09. The SMILES string of the molecule is O=C(O)c1cc(F)c(F)c(S(=O)(=O)CCCCCO)c1. The van der Waals surface area contributed by atoms with Crippen LogP contribution in [0.15, 0.2) is 17.0 Å². The molecule has 0 bridgehead atoms. The zero-order valence-electron chi connectivity index (χ0n) is 10.5. The molecule has 0 unspecified atom stereocenters. The quantitative estimate of drug-likeness (QED) is 0.747. The van der Waals surface area contributed by atoms with Gasteiger partial charge in [0.25, 0.3) is 0 Å². The van der Waals surface area contributed by atoms with E-state index in [1.165, 1.54) is 0 Å². The van der Waals surface area contributed by atoms with E-state index in [-0.39, 0.29) is 13.0 Å². The lowest BCUT2D eigenvalue weighted by atomic mass is 10.2. The summed E-state index contributed by atoms with van der Waals surface area (Å²) in [4.78, 5) is 9.79. The van der Waals surface area contributed by atoms with Crippen molar-refractivity contribution in [2.75, 3.05) is 12.4 Å². The van der Waals surface area contributed by atoms with Gasteiger partial charge in [-0.2, -0.15) is 0 Å². The Morgan fingerprint density at radius 2 is 1.80 bits per heavy atom. The Bertz CT molecular complexity index is 598. The smallest absolute Gasteiger partial charge is 0.335 e. The number of benzene rings is 1. The van der Waals surface area contributed by atoms with Gasteiger partial charge >= 0.3 is 5.97 Å². The molecular weight excluding hydrogens is 294 g/mol. The number of carboxylic acid groups (broad SMARTS) is 1. The van der Waals surface area contributed by atoms with Crippen molar-refractivity contribution in [3.63, 3.8) is 0 Å². The lowest BCUT2D eigenvalue weighted by Crippen LogP contribution is -2.12. The van der Waals surface area contributed by atoms with Crippen molar-refractivity contribution in [3.05, 3.63) is 29.3 Å². The summed E-state index contributed by atoms with van der Waals surface area (Å²) < 4.78 is 50.5. The Labute approximate surface area is 114 Å². The lowest BCUT2D eigenvalue weighted by Gasteiger charge is -2.07. The first-order valence-electron chi connectivity index (χ1n) is 5.85. The number of aromatic carboxylic acids is 1. The van der Waals surface area contributed by atoms with Gasteiger partial charge in [0.05, 0.1) is 11.3 Å². The number of aliphatic hydroxyl groups is 1. The Morgan fingerprint density at radius 3 is 2.35 bits per heavy atom. The molecule has 0 spiro atoms. The summed E-state index contributed by atoms with van der Waals surface area (Å²) in [5, 5.41) is 17.3. The van der Waals surface area contributed by atoms with Gasteiger partial charge < -0.3 is 10.2 Å². The van der Waals surface area contributed by atoms with Crippen molar-refractivity contribution in [1.29, 1.82) is 0 Å². The minimum atomic E-state index is -4.11. The second-order valence-electron chi connectivity index (χ2n) is 4.18. The molecule has 8 heteroatoms. The van der Waals surface area contributed by atoms with E-state index in [9.17, 15) is 22.0 Å². The first-order valence-corrected chi connectivity index (χ1v) is 7.51. The number of unbranched alkanes of at least 4 members (excludes halogenated alkanes) is 2. The summed E-state index contributed by atoms with van der Waals surface area (Å²) in [7, 11) is -4.11. The van der Waals surface area contributed by atoms with Crippen LogP contribution >= 0.6 is 0 Å². The standard InChI is InChI=1S/C12H14F2O5S/c13-9-6-8(12(16)17)7-10(11(9)14)20(18,19)5-3-1-2-4-15/h6-7,15H,1-5H2,(H,16,17). The van der Waals surface area contributed by atoms with E-state index in [4.69, 9.17) is 10.2 Å². The Balaban J connectivity index is 3.07. The molecule has 0 fully saturated rings. The summed E-state index contributed by atoms with van der Waals surface area (Å²) >= 11 is 0. The van der Waals surface area contributed by atoms with Crippen LogP contribution in [-0.4, -0.2) is 37.0 Å². The number of halogens is 2. The molecule has 0 heterocycles. The molecule has 20 heavy (non-hydrogen) atoms. The molecule has 0 aromatic heterocycles. The topological polar surface area (TPSA) is 91.7 Å². The predicted molar refractivity (Wildman–Crippen MR) is 66.3 cm³/mol. The third-order valence-corrected chi connectivity index (χ3v) is 4.44. The van der Waals surface area contributed by atoms with E-state index in [1.807, 2.05) is 0 Å². The molecule has 0 radical (unpaired) electrons. The highest BCUT2D eigenvalue weighted by atomic mass is 32.2. The van der Waals surface area contributed by atoms with Crippen molar-refractivity contribution in [2.45, 2.75) is 24.2 Å². The molecule has 1 aromatic rings. The van der Waals surface area contributed by atoms with Gasteiger partial charge in [-0.15, -0.1) is 0 Å². The minimum Gasteiger partial charge on any atom is -0.478 e. The maximum Gasteiger partial charge on any atom is 0.335 e. The van der Waals surface area contributed by atoms with E-state index in [0.717, 1.165) is 0 Å². The second-order valence-corrected chi connectivity index (χ2v) is 6.26. The number of hydrogen-bond donors (Lipinski definition) is 2. The zero-order valence-corrected chi connectivity index (χ0v) is 11.3. The van der Waals surface area contributed by atoms with Crippen LogP contribution < -0.4 is 0 Å². The van der Waals surface area contributed by atoms with Crippen molar-refractivity contribution in [2.24, 2.45) is 0 Å². The molecule has 0 atom stereocenters. The molecule has 1 aromatic carbocycles. The fourth-order valence-electron chi connectivity index (χ4n) is 1.60.